The number of nitrogens with one attached hydrogen (secondary N) is 1. The van der Waals surface area contributed by atoms with E-state index in [-0.39, 0.29) is 0 Å². The maximum Gasteiger partial charge on any atom is 0.119 e. The van der Waals surface area contributed by atoms with E-state index in [1.165, 1.54) is 37.9 Å². The molecule has 1 saturated heterocycles. The third kappa shape index (κ3) is 6.52. The molecule has 0 atom stereocenters. The summed E-state index contributed by atoms with van der Waals surface area (Å²) in [6, 6.07) is 20.8. The summed E-state index contributed by atoms with van der Waals surface area (Å²) in [7, 11) is 0. The number of likely N-dealkylation sites (tertiary alicyclic amines) is 1. The Kier molecular flexibility index (Phi) is 7.34. The van der Waals surface area contributed by atoms with Crippen LogP contribution in [0.1, 0.15) is 18.4 Å². The number of hydrogen-bond donors (Lipinski definition) is 1. The van der Waals surface area contributed by atoms with Crippen molar-refractivity contribution < 1.29 is 14.4 Å². The molecule has 0 bridgehead atoms. The van der Waals surface area contributed by atoms with Crippen LogP contribution in [-0.2, 0) is 11.2 Å². The minimum absolute atomic E-state index is 0.624. The molecule has 2 aromatic carbocycles. The highest BCUT2D eigenvalue weighted by Crippen LogP contribution is 2.16. The molecule has 25 heavy (non-hydrogen) atoms. The maximum absolute atomic E-state index is 5.73. The summed E-state index contributed by atoms with van der Waals surface area (Å²) in [5.41, 5.74) is 1.48. The summed E-state index contributed by atoms with van der Waals surface area (Å²) < 4.78 is 11.4. The van der Waals surface area contributed by atoms with Crippen LogP contribution >= 0.6 is 0 Å². The highest BCUT2D eigenvalue weighted by molar-refractivity contribution is 5.20. The van der Waals surface area contributed by atoms with Crippen molar-refractivity contribution in [3.8, 4) is 5.75 Å². The number of para-hydroxylation sites is 1. The van der Waals surface area contributed by atoms with Crippen LogP contribution in [0, 0.1) is 5.92 Å². The van der Waals surface area contributed by atoms with Gasteiger partial charge in [0.15, 0.2) is 0 Å². The van der Waals surface area contributed by atoms with Crippen LogP contribution in [0.3, 0.4) is 0 Å². The highest BCUT2D eigenvalue weighted by atomic mass is 16.5. The fraction of sp³-hybridized carbons (Fsp3) is 0.455. The SMILES string of the molecule is c1ccc(CC2CC[NH+](CCOCCOc3ccccc3)CC2)cc1. The van der Waals surface area contributed by atoms with Gasteiger partial charge in [0.1, 0.15) is 18.9 Å². The van der Waals surface area contributed by atoms with Crippen LogP contribution in [0.15, 0.2) is 60.7 Å². The van der Waals surface area contributed by atoms with E-state index in [0.717, 1.165) is 24.8 Å². The molecule has 1 N–H and O–H groups in total. The van der Waals surface area contributed by atoms with Gasteiger partial charge in [0.2, 0.25) is 0 Å². The highest BCUT2D eigenvalue weighted by Gasteiger charge is 2.21. The fourth-order valence-electron chi connectivity index (χ4n) is 3.54. The summed E-state index contributed by atoms with van der Waals surface area (Å²) in [5.74, 6) is 1.77. The van der Waals surface area contributed by atoms with Crippen molar-refractivity contribution in [2.45, 2.75) is 19.3 Å². The lowest BCUT2D eigenvalue weighted by molar-refractivity contribution is -0.906. The van der Waals surface area contributed by atoms with Gasteiger partial charge < -0.3 is 14.4 Å². The van der Waals surface area contributed by atoms with Gasteiger partial charge in [-0.25, -0.2) is 0 Å². The Morgan fingerprint density at radius 1 is 0.800 bits per heavy atom. The van der Waals surface area contributed by atoms with E-state index in [9.17, 15) is 0 Å². The first-order valence-corrected chi connectivity index (χ1v) is 9.53. The van der Waals surface area contributed by atoms with Crippen LogP contribution in [0.2, 0.25) is 0 Å². The Balaban J connectivity index is 1.22. The van der Waals surface area contributed by atoms with E-state index in [4.69, 9.17) is 9.47 Å². The zero-order chi connectivity index (χ0) is 17.2. The smallest absolute Gasteiger partial charge is 0.119 e. The summed E-state index contributed by atoms with van der Waals surface area (Å²) >= 11 is 0. The molecule has 3 heteroatoms. The summed E-state index contributed by atoms with van der Waals surface area (Å²) in [4.78, 5) is 1.69. The van der Waals surface area contributed by atoms with Gasteiger partial charge in [0.25, 0.3) is 0 Å². The standard InChI is InChI=1S/C22H29NO2/c1-3-7-20(8-4-1)19-21-11-13-23(14-12-21)15-16-24-17-18-25-22-9-5-2-6-10-22/h1-10,21H,11-19H2/p+1. The first kappa shape index (κ1) is 18.0. The molecule has 134 valence electrons. The van der Waals surface area contributed by atoms with E-state index < -0.39 is 0 Å². The van der Waals surface area contributed by atoms with E-state index >= 15 is 0 Å². The lowest BCUT2D eigenvalue weighted by atomic mass is 9.90. The van der Waals surface area contributed by atoms with Gasteiger partial charge in [-0.05, 0) is 42.9 Å². The van der Waals surface area contributed by atoms with E-state index in [1.54, 1.807) is 4.90 Å². The largest absolute Gasteiger partial charge is 0.491 e. The Bertz CT molecular complexity index is 579. The number of rotatable bonds is 9. The molecule has 3 rings (SSSR count). The molecule has 0 spiro atoms. The molecule has 0 amide bonds. The van der Waals surface area contributed by atoms with E-state index in [2.05, 4.69) is 30.3 Å². The first-order chi connectivity index (χ1) is 12.4. The normalized spacial score (nSPS) is 20.3. The molecule has 0 aromatic heterocycles. The first-order valence-electron chi connectivity index (χ1n) is 9.53. The van der Waals surface area contributed by atoms with Crippen molar-refractivity contribution in [1.29, 1.82) is 0 Å². The lowest BCUT2D eigenvalue weighted by Gasteiger charge is -2.29. The van der Waals surface area contributed by atoms with Gasteiger partial charge >= 0.3 is 0 Å². The van der Waals surface area contributed by atoms with Crippen LogP contribution in [-0.4, -0.2) is 39.5 Å². The number of hydrogen-bond acceptors (Lipinski definition) is 2. The molecule has 1 aliphatic rings. The Morgan fingerprint density at radius 3 is 2.20 bits per heavy atom. The third-order valence-electron chi connectivity index (χ3n) is 5.02. The molecule has 0 aliphatic carbocycles. The number of piperidine rings is 1. The van der Waals surface area contributed by atoms with Crippen molar-refractivity contribution in [2.24, 2.45) is 5.92 Å². The second-order valence-electron chi connectivity index (χ2n) is 6.91. The second kappa shape index (κ2) is 10.2. The average Bonchev–Trinajstić information content (AvgIpc) is 2.67. The topological polar surface area (TPSA) is 22.9 Å². The molecule has 2 aromatic rings. The van der Waals surface area contributed by atoms with Crippen molar-refractivity contribution >= 4 is 0 Å². The lowest BCUT2D eigenvalue weighted by Crippen LogP contribution is -3.13. The molecular formula is C22H30NO2+. The summed E-state index contributed by atoms with van der Waals surface area (Å²) in [6.45, 7) is 5.79. The van der Waals surface area contributed by atoms with Crippen LogP contribution < -0.4 is 9.64 Å². The number of ether oxygens (including phenoxy) is 2. The zero-order valence-electron chi connectivity index (χ0n) is 15.0. The van der Waals surface area contributed by atoms with Crippen molar-refractivity contribution in [3.63, 3.8) is 0 Å². The molecule has 1 fully saturated rings. The van der Waals surface area contributed by atoms with Gasteiger partial charge in [0.05, 0.1) is 26.3 Å². The quantitative estimate of drug-likeness (QED) is 0.709. The van der Waals surface area contributed by atoms with Crippen LogP contribution in [0.5, 0.6) is 5.75 Å². The zero-order valence-corrected chi connectivity index (χ0v) is 15.0. The molecule has 0 unspecified atom stereocenters. The third-order valence-corrected chi connectivity index (χ3v) is 5.02. The van der Waals surface area contributed by atoms with Gasteiger partial charge in [-0.1, -0.05) is 48.5 Å². The molecular weight excluding hydrogens is 310 g/mol. The van der Waals surface area contributed by atoms with Crippen molar-refractivity contribution in [3.05, 3.63) is 66.2 Å². The predicted octanol–water partition coefficient (Wildman–Crippen LogP) is 2.62. The number of benzene rings is 2. The monoisotopic (exact) mass is 340 g/mol. The minimum Gasteiger partial charge on any atom is -0.491 e. The van der Waals surface area contributed by atoms with Gasteiger partial charge in [-0.15, -0.1) is 0 Å². The average molecular weight is 340 g/mol. The number of quaternary nitrogens is 1. The van der Waals surface area contributed by atoms with Crippen molar-refractivity contribution in [1.82, 2.24) is 0 Å². The van der Waals surface area contributed by atoms with E-state index in [1.807, 2.05) is 30.3 Å². The van der Waals surface area contributed by atoms with Crippen LogP contribution in [0.4, 0.5) is 0 Å². The Morgan fingerprint density at radius 2 is 1.48 bits per heavy atom. The van der Waals surface area contributed by atoms with Crippen LogP contribution in [0.25, 0.3) is 0 Å². The van der Waals surface area contributed by atoms with Crippen molar-refractivity contribution in [2.75, 3.05) is 39.5 Å². The van der Waals surface area contributed by atoms with Gasteiger partial charge in [-0.3, -0.25) is 0 Å². The van der Waals surface area contributed by atoms with E-state index in [0.29, 0.717) is 13.2 Å². The minimum atomic E-state index is 0.624. The fourth-order valence-corrected chi connectivity index (χ4v) is 3.54. The second-order valence-corrected chi connectivity index (χ2v) is 6.91. The maximum atomic E-state index is 5.73. The molecule has 1 aliphatic heterocycles. The molecule has 3 nitrogen and oxygen atoms in total. The molecule has 0 saturated carbocycles. The Hall–Kier alpha value is -1.84. The molecule has 0 radical (unpaired) electrons. The Labute approximate surface area is 151 Å². The van der Waals surface area contributed by atoms with Gasteiger partial charge in [0, 0.05) is 0 Å². The predicted molar refractivity (Wildman–Crippen MR) is 101 cm³/mol. The summed E-state index contributed by atoms with van der Waals surface area (Å²) in [5, 5.41) is 0. The van der Waals surface area contributed by atoms with Gasteiger partial charge in [-0.2, -0.15) is 0 Å². The summed E-state index contributed by atoms with van der Waals surface area (Å²) in [6.07, 6.45) is 3.91. The molecule has 1 heterocycles.